The first-order valence-corrected chi connectivity index (χ1v) is 13.1. The fourth-order valence-electron chi connectivity index (χ4n) is 5.34. The van der Waals surface area contributed by atoms with Gasteiger partial charge in [-0.05, 0) is 75.3 Å². The maximum absolute atomic E-state index is 12.7. The van der Waals surface area contributed by atoms with Crippen molar-refractivity contribution in [1.29, 1.82) is 0 Å². The van der Waals surface area contributed by atoms with Crippen molar-refractivity contribution in [3.8, 4) is 11.5 Å². The summed E-state index contributed by atoms with van der Waals surface area (Å²) >= 11 is 3.41. The number of primary amides is 1. The number of nitrogens with zero attached hydrogens (tertiary/aromatic N) is 2. The fraction of sp³-hybridized carbons (Fsp3) is 0.444. The molecule has 0 aliphatic heterocycles. The first-order valence-electron chi connectivity index (χ1n) is 12.4. The van der Waals surface area contributed by atoms with Crippen LogP contribution in [0.15, 0.2) is 47.2 Å². The van der Waals surface area contributed by atoms with Gasteiger partial charge in [0.15, 0.2) is 0 Å². The first kappa shape index (κ1) is 25.5. The topological polar surface area (TPSA) is 128 Å². The normalized spacial score (nSPS) is 22.8. The minimum atomic E-state index is -0.927. The molecule has 37 heavy (non-hydrogen) atoms. The van der Waals surface area contributed by atoms with Crippen molar-refractivity contribution in [2.24, 2.45) is 11.1 Å². The second-order valence-electron chi connectivity index (χ2n) is 11.0. The number of carbonyl (C=O) groups excluding carboxylic acids is 2. The van der Waals surface area contributed by atoms with E-state index in [1.54, 1.807) is 49.0 Å². The van der Waals surface area contributed by atoms with E-state index in [9.17, 15) is 14.7 Å². The summed E-state index contributed by atoms with van der Waals surface area (Å²) in [5.74, 6) is 0.579. The van der Waals surface area contributed by atoms with Crippen molar-refractivity contribution in [2.45, 2.75) is 63.7 Å². The number of pyridine rings is 1. The zero-order chi connectivity index (χ0) is 26.4. The molecule has 0 bridgehead atoms. The molecule has 2 heterocycles. The standard InChI is InChI=1S/C27H31BrN4O5/c1-26(2,35)15-36-19-4-6-22-16(13-30-32(22)14-19)7-24(33)31-18-9-27(10-18)11-20(12-27)37-23-8-17(28)3-5-21(23)25(29)34/h3-6,8,13-14,18,20,35H,7,9-12,15H2,1-2H3,(H2,29,34)(H,31,33). The summed E-state index contributed by atoms with van der Waals surface area (Å²) in [4.78, 5) is 24.4. The van der Waals surface area contributed by atoms with E-state index in [0.717, 1.165) is 41.2 Å². The number of nitrogens with two attached hydrogens (primary N) is 1. The maximum atomic E-state index is 12.7. The third-order valence-corrected chi connectivity index (χ3v) is 7.55. The van der Waals surface area contributed by atoms with Crippen LogP contribution in [-0.4, -0.2) is 50.9 Å². The molecular formula is C27H31BrN4O5. The quantitative estimate of drug-likeness (QED) is 0.361. The molecule has 2 aliphatic rings. The van der Waals surface area contributed by atoms with Gasteiger partial charge < -0.3 is 25.6 Å². The van der Waals surface area contributed by atoms with Gasteiger partial charge in [-0.15, -0.1) is 0 Å². The lowest BCUT2D eigenvalue weighted by molar-refractivity contribution is -0.126. The highest BCUT2D eigenvalue weighted by Crippen LogP contribution is 2.57. The summed E-state index contributed by atoms with van der Waals surface area (Å²) in [5, 5.41) is 17.3. The van der Waals surface area contributed by atoms with Gasteiger partial charge >= 0.3 is 0 Å². The number of halogens is 1. The summed E-state index contributed by atoms with van der Waals surface area (Å²) in [6.07, 6.45) is 7.39. The van der Waals surface area contributed by atoms with Crippen molar-refractivity contribution < 1.29 is 24.2 Å². The lowest BCUT2D eigenvalue weighted by atomic mass is 9.53. The molecule has 1 aromatic carbocycles. The van der Waals surface area contributed by atoms with E-state index < -0.39 is 11.5 Å². The summed E-state index contributed by atoms with van der Waals surface area (Å²) < 4.78 is 14.2. The molecule has 0 saturated heterocycles. The van der Waals surface area contributed by atoms with Crippen molar-refractivity contribution in [3.63, 3.8) is 0 Å². The Kier molecular flexibility index (Phi) is 6.66. The van der Waals surface area contributed by atoms with E-state index in [4.69, 9.17) is 15.2 Å². The molecule has 2 aromatic heterocycles. The van der Waals surface area contributed by atoms with Crippen LogP contribution in [0.3, 0.4) is 0 Å². The van der Waals surface area contributed by atoms with Crippen LogP contribution < -0.4 is 20.5 Å². The van der Waals surface area contributed by atoms with Crippen molar-refractivity contribution in [2.75, 3.05) is 6.61 Å². The van der Waals surface area contributed by atoms with Crippen LogP contribution >= 0.6 is 15.9 Å². The Hall–Kier alpha value is -3.11. The highest BCUT2D eigenvalue weighted by atomic mass is 79.9. The molecule has 5 rings (SSSR count). The molecule has 1 spiro atoms. The number of carbonyl (C=O) groups is 2. The van der Waals surface area contributed by atoms with Crippen LogP contribution in [0.1, 0.15) is 55.5 Å². The van der Waals surface area contributed by atoms with E-state index in [-0.39, 0.29) is 36.5 Å². The average molecular weight is 571 g/mol. The number of aliphatic hydroxyl groups is 1. The highest BCUT2D eigenvalue weighted by molar-refractivity contribution is 9.10. The number of hydrogen-bond acceptors (Lipinski definition) is 6. The van der Waals surface area contributed by atoms with Crippen LogP contribution in [0.4, 0.5) is 0 Å². The SMILES string of the molecule is CC(C)(O)COc1ccc2c(CC(=O)NC3CC4(C3)CC(Oc3cc(Br)ccc3C(N)=O)C4)cnn2c1. The van der Waals surface area contributed by atoms with Crippen LogP contribution in [-0.2, 0) is 11.2 Å². The minimum Gasteiger partial charge on any atom is -0.490 e. The maximum Gasteiger partial charge on any atom is 0.252 e. The first-order chi connectivity index (χ1) is 17.5. The molecule has 0 radical (unpaired) electrons. The molecule has 0 unspecified atom stereocenters. The largest absolute Gasteiger partial charge is 0.490 e. The lowest BCUT2D eigenvalue weighted by Crippen LogP contribution is -2.59. The molecule has 2 amide bonds. The van der Waals surface area contributed by atoms with Crippen molar-refractivity contribution in [1.82, 2.24) is 14.9 Å². The third kappa shape index (κ3) is 5.75. The minimum absolute atomic E-state index is 0.0236. The second-order valence-corrected chi connectivity index (χ2v) is 11.9. The number of amides is 2. The molecule has 2 fully saturated rings. The van der Waals surface area contributed by atoms with Gasteiger partial charge in [-0.25, -0.2) is 4.52 Å². The number of aromatic nitrogens is 2. The Labute approximate surface area is 223 Å². The lowest BCUT2D eigenvalue weighted by Gasteiger charge is -2.57. The number of fused-ring (bicyclic) bond motifs is 1. The summed E-state index contributed by atoms with van der Waals surface area (Å²) in [6.45, 7) is 3.54. The summed E-state index contributed by atoms with van der Waals surface area (Å²) in [6, 6.07) is 9.06. The predicted octanol–water partition coefficient (Wildman–Crippen LogP) is 3.39. The molecule has 3 aromatic rings. The predicted molar refractivity (Wildman–Crippen MR) is 141 cm³/mol. The van der Waals surface area contributed by atoms with E-state index >= 15 is 0 Å². The van der Waals surface area contributed by atoms with Crippen LogP contribution in [0.25, 0.3) is 5.52 Å². The molecule has 10 heteroatoms. The number of hydrogen-bond donors (Lipinski definition) is 3. The van der Waals surface area contributed by atoms with Crippen molar-refractivity contribution in [3.05, 3.63) is 58.3 Å². The van der Waals surface area contributed by atoms with Gasteiger partial charge in [0, 0.05) is 16.1 Å². The number of ether oxygens (including phenoxy) is 2. The van der Waals surface area contributed by atoms with Gasteiger partial charge in [0.25, 0.3) is 5.91 Å². The Balaban J connectivity index is 1.09. The molecule has 0 atom stereocenters. The smallest absolute Gasteiger partial charge is 0.252 e. The van der Waals surface area contributed by atoms with Gasteiger partial charge in [-0.1, -0.05) is 15.9 Å². The monoisotopic (exact) mass is 570 g/mol. The Bertz CT molecular complexity index is 1330. The average Bonchev–Trinajstić information content (AvgIpc) is 3.16. The Morgan fingerprint density at radius 3 is 2.70 bits per heavy atom. The molecule has 9 nitrogen and oxygen atoms in total. The van der Waals surface area contributed by atoms with Crippen LogP contribution in [0.2, 0.25) is 0 Å². The van der Waals surface area contributed by atoms with Gasteiger partial charge in [0.1, 0.15) is 18.1 Å². The highest BCUT2D eigenvalue weighted by Gasteiger charge is 2.54. The zero-order valence-electron chi connectivity index (χ0n) is 20.9. The Morgan fingerprint density at radius 1 is 1.24 bits per heavy atom. The van der Waals surface area contributed by atoms with Crippen LogP contribution in [0, 0.1) is 5.41 Å². The Morgan fingerprint density at radius 2 is 2.00 bits per heavy atom. The second kappa shape index (κ2) is 9.64. The zero-order valence-corrected chi connectivity index (χ0v) is 22.5. The van der Waals surface area contributed by atoms with Gasteiger partial charge in [-0.3, -0.25) is 9.59 Å². The molecular weight excluding hydrogens is 540 g/mol. The van der Waals surface area contributed by atoms with Gasteiger partial charge in [-0.2, -0.15) is 5.10 Å². The molecule has 196 valence electrons. The summed E-state index contributed by atoms with van der Waals surface area (Å²) in [7, 11) is 0. The van der Waals surface area contributed by atoms with E-state index in [0.29, 0.717) is 17.1 Å². The van der Waals surface area contributed by atoms with E-state index in [1.165, 1.54) is 0 Å². The molecule has 4 N–H and O–H groups in total. The fourth-order valence-corrected chi connectivity index (χ4v) is 5.68. The van der Waals surface area contributed by atoms with Crippen LogP contribution in [0.5, 0.6) is 11.5 Å². The number of nitrogens with one attached hydrogen (secondary N) is 1. The molecule has 2 saturated carbocycles. The number of rotatable bonds is 9. The molecule has 2 aliphatic carbocycles. The summed E-state index contributed by atoms with van der Waals surface area (Å²) in [5.41, 5.74) is 6.82. The van der Waals surface area contributed by atoms with Gasteiger partial charge in [0.2, 0.25) is 5.91 Å². The van der Waals surface area contributed by atoms with E-state index in [2.05, 4.69) is 26.3 Å². The third-order valence-electron chi connectivity index (χ3n) is 7.06. The van der Waals surface area contributed by atoms with Crippen molar-refractivity contribution >= 4 is 33.3 Å². The number of benzene rings is 1. The van der Waals surface area contributed by atoms with Gasteiger partial charge in [0.05, 0.1) is 41.6 Å². The van der Waals surface area contributed by atoms with E-state index in [1.807, 2.05) is 12.1 Å².